The molecule has 0 aliphatic heterocycles. The van der Waals surface area contributed by atoms with Crippen LogP contribution in [0.5, 0.6) is 5.75 Å². The summed E-state index contributed by atoms with van der Waals surface area (Å²) in [7, 11) is 0. The van der Waals surface area contributed by atoms with Crippen molar-refractivity contribution < 1.29 is 13.7 Å². The normalized spacial score (nSPS) is 10.3. The second-order valence-electron chi connectivity index (χ2n) is 3.75. The molecule has 0 saturated heterocycles. The van der Waals surface area contributed by atoms with Gasteiger partial charge in [0.15, 0.2) is 5.75 Å². The average Bonchev–Trinajstić information content (AvgIpc) is 2.51. The Balaban J connectivity index is 0.00000106. The lowest BCUT2D eigenvalue weighted by Gasteiger charge is -2.07. The number of aromatic nitrogens is 1. The van der Waals surface area contributed by atoms with Gasteiger partial charge in [-0.2, -0.15) is 3.89 Å². The van der Waals surface area contributed by atoms with E-state index in [4.69, 9.17) is 27.9 Å². The van der Waals surface area contributed by atoms with Crippen molar-refractivity contribution in [1.29, 1.82) is 0 Å². The average molecular weight is 352 g/mol. The van der Waals surface area contributed by atoms with E-state index in [1.165, 1.54) is 6.07 Å². The summed E-state index contributed by atoms with van der Waals surface area (Å²) in [6.45, 7) is 4.53. The zero-order valence-electron chi connectivity index (χ0n) is 11.7. The molecule has 0 radical (unpaired) electrons. The van der Waals surface area contributed by atoms with E-state index in [2.05, 4.69) is 4.98 Å². The number of hydrogen-bond donors (Lipinski definition) is 1. The summed E-state index contributed by atoms with van der Waals surface area (Å²) in [5.41, 5.74) is 0.948. The molecule has 1 aromatic heterocycles. The molecule has 0 spiro atoms. The van der Waals surface area contributed by atoms with Crippen LogP contribution >= 0.6 is 35.3 Å². The van der Waals surface area contributed by atoms with Crippen molar-refractivity contribution in [3.05, 3.63) is 33.9 Å². The molecule has 116 valence electrons. The molecule has 1 heterocycles. The topological polar surface area (TPSA) is 42.4 Å². The molecule has 2 rings (SSSR count). The summed E-state index contributed by atoms with van der Waals surface area (Å²) in [5, 5.41) is 11.1. The van der Waals surface area contributed by atoms with Crippen LogP contribution in [0, 0.1) is 0 Å². The van der Waals surface area contributed by atoms with Crippen LogP contribution in [0.4, 0.5) is 3.89 Å². The number of rotatable bonds is 5. The molecule has 1 aromatic carbocycles. The van der Waals surface area contributed by atoms with Crippen molar-refractivity contribution >= 4 is 46.3 Å². The Kier molecular flexibility index (Phi) is 8.11. The summed E-state index contributed by atoms with van der Waals surface area (Å²) in [6.07, 6.45) is 0. The van der Waals surface area contributed by atoms with Crippen molar-refractivity contribution in [3.63, 3.8) is 0 Å². The van der Waals surface area contributed by atoms with Crippen molar-refractivity contribution in [2.24, 2.45) is 0 Å². The van der Waals surface area contributed by atoms with Gasteiger partial charge in [0.1, 0.15) is 5.52 Å². The molecule has 0 amide bonds. The Morgan fingerprint density at radius 1 is 1.29 bits per heavy atom. The summed E-state index contributed by atoms with van der Waals surface area (Å²) in [5.74, 6) is 0.165. The fourth-order valence-electron chi connectivity index (χ4n) is 1.59. The van der Waals surface area contributed by atoms with E-state index in [0.29, 0.717) is 28.2 Å². The fourth-order valence-corrected chi connectivity index (χ4v) is 2.29. The molecular formula is C14H16Cl2FNO2S. The highest BCUT2D eigenvalue weighted by atomic mass is 35.5. The Labute approximate surface area is 137 Å². The number of halogens is 3. The number of nitrogens with zero attached hydrogens (tertiary/aromatic N) is 1. The first kappa shape index (κ1) is 18.3. The van der Waals surface area contributed by atoms with Crippen LogP contribution in [-0.2, 0) is 11.3 Å². The van der Waals surface area contributed by atoms with Gasteiger partial charge in [-0.3, -0.25) is 0 Å². The van der Waals surface area contributed by atoms with Crippen LogP contribution in [0.2, 0.25) is 10.0 Å². The smallest absolute Gasteiger partial charge is 0.160 e. The number of hydrogen-bond acceptors (Lipinski definition) is 4. The summed E-state index contributed by atoms with van der Waals surface area (Å²) in [6, 6.07) is 4.95. The summed E-state index contributed by atoms with van der Waals surface area (Å²) < 4.78 is 17.1. The van der Waals surface area contributed by atoms with Crippen LogP contribution in [-0.4, -0.2) is 22.5 Å². The first-order chi connectivity index (χ1) is 10.1. The van der Waals surface area contributed by atoms with Gasteiger partial charge in [0.2, 0.25) is 0 Å². The predicted molar refractivity (Wildman–Crippen MR) is 88.0 cm³/mol. The van der Waals surface area contributed by atoms with Crippen LogP contribution in [0.1, 0.15) is 19.5 Å². The Hall–Kier alpha value is -0.750. The van der Waals surface area contributed by atoms with Crippen molar-refractivity contribution in [2.75, 3.05) is 12.4 Å². The molecule has 0 fully saturated rings. The summed E-state index contributed by atoms with van der Waals surface area (Å²) in [4.78, 5) is 4.25. The maximum absolute atomic E-state index is 11.8. The van der Waals surface area contributed by atoms with E-state index in [-0.39, 0.29) is 35.3 Å². The van der Waals surface area contributed by atoms with E-state index in [1.54, 1.807) is 12.1 Å². The van der Waals surface area contributed by atoms with E-state index in [0.717, 1.165) is 0 Å². The lowest BCUT2D eigenvalue weighted by molar-refractivity contribution is 0.133. The van der Waals surface area contributed by atoms with Gasteiger partial charge in [0.05, 0.1) is 29.0 Å². The lowest BCUT2D eigenvalue weighted by atomic mass is 10.2. The third kappa shape index (κ3) is 4.88. The molecule has 7 heteroatoms. The van der Waals surface area contributed by atoms with E-state index >= 15 is 0 Å². The minimum Gasteiger partial charge on any atom is -0.504 e. The van der Waals surface area contributed by atoms with Crippen LogP contribution < -0.4 is 0 Å². The molecule has 0 bridgehead atoms. The molecule has 21 heavy (non-hydrogen) atoms. The first-order valence-corrected chi connectivity index (χ1v) is 8.05. The van der Waals surface area contributed by atoms with E-state index < -0.39 is 0 Å². The molecule has 0 unspecified atom stereocenters. The number of pyridine rings is 1. The van der Waals surface area contributed by atoms with E-state index in [9.17, 15) is 8.99 Å². The van der Waals surface area contributed by atoms with Crippen LogP contribution in [0.15, 0.2) is 18.2 Å². The number of fused-ring (bicyclic) bond motifs is 1. The number of aromatic hydroxyl groups is 1. The molecule has 2 aromatic rings. The van der Waals surface area contributed by atoms with Gasteiger partial charge < -0.3 is 9.84 Å². The predicted octanol–water partition coefficient (Wildman–Crippen LogP) is 5.41. The minimum absolute atomic E-state index is 0.109. The third-order valence-corrected chi connectivity index (χ3v) is 3.39. The molecule has 0 aliphatic rings. The van der Waals surface area contributed by atoms with Gasteiger partial charge in [-0.1, -0.05) is 37.0 Å². The molecule has 0 atom stereocenters. The third-order valence-electron chi connectivity index (χ3n) is 2.47. The number of benzene rings is 1. The number of phenolic OH excluding ortho intramolecular Hbond substituents is 1. The van der Waals surface area contributed by atoms with Crippen LogP contribution in [0.3, 0.4) is 0 Å². The molecular weight excluding hydrogens is 336 g/mol. The molecule has 3 nitrogen and oxygen atoms in total. The zero-order chi connectivity index (χ0) is 15.8. The minimum atomic E-state index is -0.109. The molecule has 0 aliphatic carbocycles. The zero-order valence-corrected chi connectivity index (χ0v) is 14.0. The van der Waals surface area contributed by atoms with Crippen molar-refractivity contribution in [2.45, 2.75) is 20.5 Å². The molecule has 0 saturated carbocycles. The second-order valence-corrected chi connectivity index (χ2v) is 5.19. The fraction of sp³-hybridized carbons (Fsp3) is 0.357. The monoisotopic (exact) mass is 351 g/mol. The number of phenols is 1. The van der Waals surface area contributed by atoms with Gasteiger partial charge in [-0.15, -0.1) is 0 Å². The Morgan fingerprint density at radius 3 is 2.67 bits per heavy atom. The van der Waals surface area contributed by atoms with Gasteiger partial charge in [-0.25, -0.2) is 4.98 Å². The Bertz CT molecular complexity index is 599. The summed E-state index contributed by atoms with van der Waals surface area (Å²) >= 11 is 12.1. The molecule has 1 N–H and O–H groups in total. The maximum atomic E-state index is 11.8. The first-order valence-electron chi connectivity index (χ1n) is 6.41. The van der Waals surface area contributed by atoms with Crippen molar-refractivity contribution in [1.82, 2.24) is 4.98 Å². The standard InChI is InChI=1S/C12H10Cl2FNO2S.C2H6/c13-9-5-10(14)12(17)11-8(9)2-1-7(16-11)6-18-3-4-19-15;1-2/h1-2,5,17H,3-4,6H2;1-2H3. The Morgan fingerprint density at radius 2 is 2.00 bits per heavy atom. The maximum Gasteiger partial charge on any atom is 0.160 e. The lowest BCUT2D eigenvalue weighted by Crippen LogP contribution is -1.99. The highest BCUT2D eigenvalue weighted by Crippen LogP contribution is 2.36. The second kappa shape index (κ2) is 9.30. The highest BCUT2D eigenvalue weighted by Gasteiger charge is 2.11. The van der Waals surface area contributed by atoms with Gasteiger partial charge >= 0.3 is 0 Å². The number of ether oxygens (including phenoxy) is 1. The van der Waals surface area contributed by atoms with Crippen LogP contribution in [0.25, 0.3) is 10.9 Å². The van der Waals surface area contributed by atoms with Gasteiger partial charge in [0.25, 0.3) is 0 Å². The quantitative estimate of drug-likeness (QED) is 0.731. The SMILES string of the molecule is CC.Oc1c(Cl)cc(Cl)c2ccc(COCCSF)nc12. The highest BCUT2D eigenvalue weighted by molar-refractivity contribution is 7.94. The van der Waals surface area contributed by atoms with E-state index in [1.807, 2.05) is 13.8 Å². The van der Waals surface area contributed by atoms with Gasteiger partial charge in [0, 0.05) is 23.3 Å². The largest absolute Gasteiger partial charge is 0.504 e. The van der Waals surface area contributed by atoms with Gasteiger partial charge in [-0.05, 0) is 18.2 Å². The van der Waals surface area contributed by atoms with Crippen molar-refractivity contribution in [3.8, 4) is 5.75 Å².